The topological polar surface area (TPSA) is 286 Å². The van der Waals surface area contributed by atoms with E-state index in [0.717, 1.165) is 11.1 Å². The first-order chi connectivity index (χ1) is 31.8. The molecule has 0 spiro atoms. The third-order valence-corrected chi connectivity index (χ3v) is 9.82. The minimum atomic E-state index is -1.77. The second kappa shape index (κ2) is 26.5. The summed E-state index contributed by atoms with van der Waals surface area (Å²) in [6.07, 6.45) is -2.05. The number of halogens is 1. The number of ketones is 1. The number of benzene rings is 2. The van der Waals surface area contributed by atoms with Crippen molar-refractivity contribution in [2.24, 2.45) is 0 Å². The largest absolute Gasteiger partial charge is 0.475 e. The van der Waals surface area contributed by atoms with Crippen molar-refractivity contribution < 1.29 is 62.5 Å². The van der Waals surface area contributed by atoms with Gasteiger partial charge in [0.25, 0.3) is 11.7 Å². The van der Waals surface area contributed by atoms with Gasteiger partial charge in [-0.05, 0) is 144 Å². The molecule has 8 N–H and O–H groups in total. The van der Waals surface area contributed by atoms with Crippen LogP contribution < -0.4 is 37.2 Å². The number of amides is 7. The van der Waals surface area contributed by atoms with Crippen LogP contribution in [0.15, 0.2) is 48.5 Å². The highest BCUT2D eigenvalue weighted by molar-refractivity contribution is 6.35. The summed E-state index contributed by atoms with van der Waals surface area (Å²) in [5.41, 5.74) is -0.524. The molecule has 0 saturated carbocycles. The molecule has 0 aliphatic rings. The van der Waals surface area contributed by atoms with Crippen molar-refractivity contribution in [1.29, 1.82) is 0 Å². The zero-order valence-corrected chi connectivity index (χ0v) is 42.3. The van der Waals surface area contributed by atoms with E-state index in [-0.39, 0.29) is 37.9 Å². The molecule has 0 radical (unpaired) electrons. The number of unbranched alkanes of at least 4 members (excludes halogenated alkanes) is 1. The Morgan fingerprint density at radius 2 is 1.03 bits per heavy atom. The Bertz CT molecular complexity index is 2110. The lowest BCUT2D eigenvalue weighted by Crippen LogP contribution is -2.61. The van der Waals surface area contributed by atoms with Gasteiger partial charge >= 0.3 is 18.2 Å². The number of carboxylic acids is 1. The van der Waals surface area contributed by atoms with Crippen molar-refractivity contribution in [2.75, 3.05) is 13.1 Å². The van der Waals surface area contributed by atoms with E-state index in [4.69, 9.17) is 30.9 Å². The van der Waals surface area contributed by atoms with E-state index in [9.17, 15) is 43.2 Å². The van der Waals surface area contributed by atoms with E-state index in [1.807, 2.05) is 12.1 Å². The summed E-state index contributed by atoms with van der Waals surface area (Å²) in [7, 11) is 0. The van der Waals surface area contributed by atoms with Gasteiger partial charge in [0.15, 0.2) is 0 Å². The van der Waals surface area contributed by atoms with Crippen LogP contribution in [0.25, 0.3) is 11.1 Å². The number of nitrogens with one attached hydrogen (secondary N) is 7. The van der Waals surface area contributed by atoms with E-state index < -0.39 is 107 Å². The molecule has 0 saturated heterocycles. The lowest BCUT2D eigenvalue weighted by molar-refractivity contribution is -0.150. The summed E-state index contributed by atoms with van der Waals surface area (Å²) >= 11 is 6.04. The summed E-state index contributed by atoms with van der Waals surface area (Å²) in [6.45, 7) is 19.4. The molecule has 0 aliphatic carbocycles. The van der Waals surface area contributed by atoms with Crippen LogP contribution in [0.2, 0.25) is 5.02 Å². The van der Waals surface area contributed by atoms with E-state index in [1.165, 1.54) is 20.8 Å². The number of carbonyl (C=O) groups is 9. The Kier molecular flexibility index (Phi) is 22.6. The molecule has 2 aromatic rings. The lowest BCUT2D eigenvalue weighted by Gasteiger charge is -2.32. The van der Waals surface area contributed by atoms with Gasteiger partial charge < -0.3 is 56.5 Å². The van der Waals surface area contributed by atoms with Crippen molar-refractivity contribution in [2.45, 2.75) is 162 Å². The first-order valence-electron chi connectivity index (χ1n) is 22.6. The smallest absolute Gasteiger partial charge is 0.407 e. The number of carboxylic acid groups (broad SMARTS) is 1. The van der Waals surface area contributed by atoms with Crippen molar-refractivity contribution in [3.05, 3.63) is 59.1 Å². The second-order valence-corrected chi connectivity index (χ2v) is 19.8. The number of ether oxygens (including phenoxy) is 3. The average Bonchev–Trinajstić information content (AvgIpc) is 3.22. The molecule has 6 atom stereocenters. The van der Waals surface area contributed by atoms with Gasteiger partial charge in [0, 0.05) is 23.7 Å². The van der Waals surface area contributed by atoms with Crippen LogP contribution in [0.3, 0.4) is 0 Å². The Morgan fingerprint density at radius 1 is 0.551 bits per heavy atom. The van der Waals surface area contributed by atoms with Crippen LogP contribution in [-0.2, 0) is 43.0 Å². The number of rotatable bonds is 23. The predicted octanol–water partition coefficient (Wildman–Crippen LogP) is 4.55. The zero-order chi connectivity index (χ0) is 52.4. The Labute approximate surface area is 408 Å². The van der Waals surface area contributed by atoms with Gasteiger partial charge in [-0.15, -0.1) is 0 Å². The highest BCUT2D eigenvalue weighted by atomic mass is 35.5. The molecule has 0 aromatic heterocycles. The molecule has 0 bridgehead atoms. The lowest BCUT2D eigenvalue weighted by atomic mass is 10.0. The van der Waals surface area contributed by atoms with Gasteiger partial charge in [-0.1, -0.05) is 35.9 Å². The number of hydrogen-bond donors (Lipinski definition) is 8. The third kappa shape index (κ3) is 22.6. The second-order valence-electron chi connectivity index (χ2n) is 19.4. The standard InChI is InChI=1S/C48H70ClN7O13/c1-27(37(57)43(63)64)52-40(60)34(15-13-14-25-50-44(65)68-47(7,8)9)54-38(58)28(2)53-42(62)36(29(3)67-46(4,5)6)56-41(61)35(24-26-51-45(66)69-48(10,11)12)55-39(59)32-18-16-30(17-19-32)31-20-22-33(49)23-21-31/h16-23,27-29,34-36H,13-15,24-26H2,1-12H3,(H,50,65)(H,51,66)(H,52,60)(H,53,62)(H,54,58)(H,55,59)(H,56,61)(H,63,64)/t27-,28-,29+,34-,35-,36-/m0/s1. The van der Waals surface area contributed by atoms with Gasteiger partial charge in [-0.25, -0.2) is 14.4 Å². The molecule has 0 heterocycles. The monoisotopic (exact) mass is 987 g/mol. The van der Waals surface area contributed by atoms with Crippen molar-refractivity contribution >= 4 is 65.1 Å². The SMILES string of the molecule is C[C@H](NC(=O)[C@@H](NC(=O)[C@H](CCNC(=O)OC(C)(C)C)NC(=O)c1ccc(-c2ccc(Cl)cc2)cc1)[C@@H](C)OC(C)(C)C)C(=O)N[C@@H](CCCCNC(=O)OC(C)(C)C)C(=O)N[C@@H](C)C(=O)C(=O)O. The first-order valence-corrected chi connectivity index (χ1v) is 23.0. The summed E-state index contributed by atoms with van der Waals surface area (Å²) in [5.74, 6) is -7.16. The van der Waals surface area contributed by atoms with Crippen LogP contribution >= 0.6 is 11.6 Å². The highest BCUT2D eigenvalue weighted by Crippen LogP contribution is 2.22. The molecular weight excluding hydrogens is 918 g/mol. The summed E-state index contributed by atoms with van der Waals surface area (Å²) in [5, 5.41) is 27.6. The molecule has 0 fully saturated rings. The van der Waals surface area contributed by atoms with Crippen molar-refractivity contribution in [3.8, 4) is 11.1 Å². The number of aliphatic carboxylic acids is 1. The van der Waals surface area contributed by atoms with Crippen LogP contribution in [0, 0.1) is 0 Å². The maximum absolute atomic E-state index is 14.2. The molecule has 2 rings (SSSR count). The Balaban J connectivity index is 2.35. The van der Waals surface area contributed by atoms with Crippen LogP contribution in [0.5, 0.6) is 0 Å². The minimum Gasteiger partial charge on any atom is -0.475 e. The summed E-state index contributed by atoms with van der Waals surface area (Å²) in [6, 6.07) is 6.77. The fraction of sp³-hybridized carbons (Fsp3) is 0.562. The molecule has 0 aliphatic heterocycles. The Hall–Kier alpha value is -6.28. The highest BCUT2D eigenvalue weighted by Gasteiger charge is 2.36. The average molecular weight is 989 g/mol. The van der Waals surface area contributed by atoms with Crippen LogP contribution in [0.1, 0.15) is 119 Å². The summed E-state index contributed by atoms with van der Waals surface area (Å²) < 4.78 is 16.6. The molecule has 382 valence electrons. The molecular formula is C48H70ClN7O13. The third-order valence-electron chi connectivity index (χ3n) is 9.57. The van der Waals surface area contributed by atoms with Gasteiger partial charge in [-0.3, -0.25) is 28.8 Å². The fourth-order valence-corrected chi connectivity index (χ4v) is 6.48. The van der Waals surface area contributed by atoms with Gasteiger partial charge in [0.1, 0.15) is 35.4 Å². The van der Waals surface area contributed by atoms with E-state index in [1.54, 1.807) is 98.7 Å². The number of Topliss-reactive ketones (excluding diaryl/α,β-unsaturated/α-hetero) is 1. The molecule has 7 amide bonds. The van der Waals surface area contributed by atoms with Crippen LogP contribution in [0.4, 0.5) is 9.59 Å². The Morgan fingerprint density at radius 3 is 1.54 bits per heavy atom. The van der Waals surface area contributed by atoms with E-state index in [2.05, 4.69) is 37.2 Å². The van der Waals surface area contributed by atoms with E-state index in [0.29, 0.717) is 11.4 Å². The maximum Gasteiger partial charge on any atom is 0.407 e. The zero-order valence-electron chi connectivity index (χ0n) is 41.5. The molecule has 21 heteroatoms. The minimum absolute atomic E-state index is 0.0280. The molecule has 0 unspecified atom stereocenters. The van der Waals surface area contributed by atoms with Gasteiger partial charge in [0.2, 0.25) is 23.6 Å². The summed E-state index contributed by atoms with van der Waals surface area (Å²) in [4.78, 5) is 117. The quantitative estimate of drug-likeness (QED) is 0.0561. The number of carbonyl (C=O) groups excluding carboxylic acids is 8. The fourth-order valence-electron chi connectivity index (χ4n) is 6.35. The number of hydrogen-bond acceptors (Lipinski definition) is 12. The first kappa shape index (κ1) is 58.8. The van der Waals surface area contributed by atoms with Crippen molar-refractivity contribution in [3.63, 3.8) is 0 Å². The molecule has 69 heavy (non-hydrogen) atoms. The van der Waals surface area contributed by atoms with Gasteiger partial charge in [0.05, 0.1) is 17.7 Å². The van der Waals surface area contributed by atoms with Gasteiger partial charge in [-0.2, -0.15) is 0 Å². The normalized spacial score (nSPS) is 14.2. The predicted molar refractivity (Wildman–Crippen MR) is 257 cm³/mol. The van der Waals surface area contributed by atoms with Crippen molar-refractivity contribution in [1.82, 2.24) is 37.2 Å². The van der Waals surface area contributed by atoms with Crippen LogP contribution in [-0.4, -0.2) is 125 Å². The molecule has 2 aromatic carbocycles. The maximum atomic E-state index is 14.2. The van der Waals surface area contributed by atoms with E-state index >= 15 is 0 Å². The molecule has 20 nitrogen and oxygen atoms in total. The number of alkyl carbamates (subject to hydrolysis) is 2.